The summed E-state index contributed by atoms with van der Waals surface area (Å²) >= 11 is 6.09. The van der Waals surface area contributed by atoms with Crippen molar-refractivity contribution in [3.8, 4) is 5.75 Å². The van der Waals surface area contributed by atoms with Crippen LogP contribution in [-0.4, -0.2) is 25.9 Å². The van der Waals surface area contributed by atoms with Crippen molar-refractivity contribution in [2.45, 2.75) is 39.3 Å². The van der Waals surface area contributed by atoms with Crippen LogP contribution in [0.3, 0.4) is 0 Å². The van der Waals surface area contributed by atoms with Crippen LogP contribution in [0.15, 0.2) is 18.2 Å². The minimum Gasteiger partial charge on any atom is -0.488 e. The lowest BCUT2D eigenvalue weighted by Gasteiger charge is -2.24. The summed E-state index contributed by atoms with van der Waals surface area (Å²) in [6, 6.07) is 5.82. The zero-order chi connectivity index (χ0) is 14.4. The summed E-state index contributed by atoms with van der Waals surface area (Å²) < 4.78 is 11.5. The summed E-state index contributed by atoms with van der Waals surface area (Å²) in [6.07, 6.45) is 2.29. The minimum atomic E-state index is 0.161. The molecule has 0 bridgehead atoms. The van der Waals surface area contributed by atoms with E-state index in [9.17, 15) is 0 Å². The molecule has 1 N–H and O–H groups in total. The predicted octanol–water partition coefficient (Wildman–Crippen LogP) is 3.64. The van der Waals surface area contributed by atoms with Gasteiger partial charge in [-0.15, -0.1) is 0 Å². The summed E-state index contributed by atoms with van der Waals surface area (Å²) in [5.41, 5.74) is 1.11. The normalized spacial score (nSPS) is 19.3. The fourth-order valence-electron chi connectivity index (χ4n) is 2.28. The molecule has 112 valence electrons. The van der Waals surface area contributed by atoms with Crippen molar-refractivity contribution in [3.63, 3.8) is 0 Å². The van der Waals surface area contributed by atoms with Crippen LogP contribution in [0.1, 0.15) is 32.3 Å². The lowest BCUT2D eigenvalue weighted by atomic mass is 10.1. The van der Waals surface area contributed by atoms with E-state index in [0.29, 0.717) is 12.5 Å². The summed E-state index contributed by atoms with van der Waals surface area (Å²) in [7, 11) is 0. The van der Waals surface area contributed by atoms with Crippen molar-refractivity contribution in [1.29, 1.82) is 0 Å². The first-order valence-corrected chi connectivity index (χ1v) is 7.76. The van der Waals surface area contributed by atoms with Gasteiger partial charge in [0.2, 0.25) is 0 Å². The minimum absolute atomic E-state index is 0.161. The summed E-state index contributed by atoms with van der Waals surface area (Å²) in [5, 5.41) is 4.18. The lowest BCUT2D eigenvalue weighted by molar-refractivity contribution is 0.00700. The molecular weight excluding hydrogens is 274 g/mol. The van der Waals surface area contributed by atoms with Gasteiger partial charge in [-0.05, 0) is 43.5 Å². The average Bonchev–Trinajstić information content (AvgIpc) is 2.42. The number of hydrogen-bond donors (Lipinski definition) is 1. The molecule has 20 heavy (non-hydrogen) atoms. The van der Waals surface area contributed by atoms with E-state index in [1.165, 1.54) is 0 Å². The first-order valence-electron chi connectivity index (χ1n) is 7.38. The smallest absolute Gasteiger partial charge is 0.124 e. The molecule has 3 nitrogen and oxygen atoms in total. The van der Waals surface area contributed by atoms with Crippen LogP contribution in [-0.2, 0) is 11.3 Å². The summed E-state index contributed by atoms with van der Waals surface area (Å²) in [5.74, 6) is 1.55. The molecule has 0 saturated carbocycles. The summed E-state index contributed by atoms with van der Waals surface area (Å²) in [6.45, 7) is 7.69. The van der Waals surface area contributed by atoms with Crippen molar-refractivity contribution in [2.24, 2.45) is 5.92 Å². The van der Waals surface area contributed by atoms with Crippen molar-refractivity contribution < 1.29 is 9.47 Å². The Kier molecular flexibility index (Phi) is 6.14. The van der Waals surface area contributed by atoms with Gasteiger partial charge in [-0.25, -0.2) is 0 Å². The first-order chi connectivity index (χ1) is 9.65. The molecule has 1 fully saturated rings. The molecule has 0 spiro atoms. The molecule has 4 heteroatoms. The standard InChI is InChI=1S/C16H24ClNO2/c1-12(2)9-18-10-13-8-14(17)5-6-16(13)20-15-4-3-7-19-11-15/h5-6,8,12,15,18H,3-4,7,9-11H2,1-2H3. The second-order valence-electron chi connectivity index (χ2n) is 5.73. The molecule has 0 radical (unpaired) electrons. The Labute approximate surface area is 126 Å². The van der Waals surface area contributed by atoms with Gasteiger partial charge in [-0.1, -0.05) is 25.4 Å². The van der Waals surface area contributed by atoms with E-state index in [1.54, 1.807) is 0 Å². The van der Waals surface area contributed by atoms with Crippen LogP contribution in [0.25, 0.3) is 0 Å². The van der Waals surface area contributed by atoms with Crippen molar-refractivity contribution in [3.05, 3.63) is 28.8 Å². The third-order valence-electron chi connectivity index (χ3n) is 3.30. The third kappa shape index (κ3) is 4.97. The molecular formula is C16H24ClNO2. The highest BCUT2D eigenvalue weighted by atomic mass is 35.5. The maximum Gasteiger partial charge on any atom is 0.124 e. The third-order valence-corrected chi connectivity index (χ3v) is 3.54. The van der Waals surface area contributed by atoms with Crippen LogP contribution in [0, 0.1) is 5.92 Å². The van der Waals surface area contributed by atoms with Gasteiger partial charge < -0.3 is 14.8 Å². The summed E-state index contributed by atoms with van der Waals surface area (Å²) in [4.78, 5) is 0. The Balaban J connectivity index is 1.98. The quantitative estimate of drug-likeness (QED) is 0.869. The molecule has 1 saturated heterocycles. The number of hydrogen-bond acceptors (Lipinski definition) is 3. The van der Waals surface area contributed by atoms with E-state index < -0.39 is 0 Å². The fraction of sp³-hybridized carbons (Fsp3) is 0.625. The molecule has 0 amide bonds. The van der Waals surface area contributed by atoms with Gasteiger partial charge in [0.1, 0.15) is 11.9 Å². The van der Waals surface area contributed by atoms with E-state index in [4.69, 9.17) is 21.1 Å². The van der Waals surface area contributed by atoms with Gasteiger partial charge in [0.15, 0.2) is 0 Å². The molecule has 1 aliphatic heterocycles. The Morgan fingerprint density at radius 3 is 3.00 bits per heavy atom. The molecule has 0 aromatic heterocycles. The van der Waals surface area contributed by atoms with Crippen molar-refractivity contribution in [2.75, 3.05) is 19.8 Å². The zero-order valence-corrected chi connectivity index (χ0v) is 13.1. The Morgan fingerprint density at radius 2 is 2.30 bits per heavy atom. The second-order valence-corrected chi connectivity index (χ2v) is 6.17. The topological polar surface area (TPSA) is 30.5 Å². The highest BCUT2D eigenvalue weighted by Crippen LogP contribution is 2.25. The van der Waals surface area contributed by atoms with E-state index in [2.05, 4.69) is 19.2 Å². The van der Waals surface area contributed by atoms with Crippen LogP contribution in [0.4, 0.5) is 0 Å². The van der Waals surface area contributed by atoms with E-state index in [0.717, 1.165) is 48.9 Å². The molecule has 1 aromatic carbocycles. The van der Waals surface area contributed by atoms with Crippen molar-refractivity contribution in [1.82, 2.24) is 5.32 Å². The van der Waals surface area contributed by atoms with Gasteiger partial charge in [-0.3, -0.25) is 0 Å². The maximum atomic E-state index is 6.09. The molecule has 0 aliphatic carbocycles. The van der Waals surface area contributed by atoms with E-state index >= 15 is 0 Å². The Bertz CT molecular complexity index is 417. The maximum absolute atomic E-state index is 6.09. The molecule has 2 rings (SSSR count). The molecule has 1 aromatic rings. The molecule has 1 heterocycles. The Hall–Kier alpha value is -0.770. The SMILES string of the molecule is CC(C)CNCc1cc(Cl)ccc1OC1CCCOC1. The molecule has 1 atom stereocenters. The average molecular weight is 298 g/mol. The van der Waals surface area contributed by atoms with E-state index in [1.807, 2.05) is 18.2 Å². The fourth-order valence-corrected chi connectivity index (χ4v) is 2.48. The van der Waals surface area contributed by atoms with Crippen LogP contribution in [0.2, 0.25) is 5.02 Å². The largest absolute Gasteiger partial charge is 0.488 e. The van der Waals surface area contributed by atoms with Gasteiger partial charge in [0, 0.05) is 23.7 Å². The van der Waals surface area contributed by atoms with Gasteiger partial charge in [0.05, 0.1) is 6.61 Å². The van der Waals surface area contributed by atoms with Crippen molar-refractivity contribution >= 4 is 11.6 Å². The first kappa shape index (κ1) is 15.6. The molecule has 1 aliphatic rings. The highest BCUT2D eigenvalue weighted by Gasteiger charge is 2.17. The number of nitrogens with one attached hydrogen (secondary N) is 1. The van der Waals surface area contributed by atoms with Gasteiger partial charge >= 0.3 is 0 Å². The van der Waals surface area contributed by atoms with Gasteiger partial charge in [-0.2, -0.15) is 0 Å². The lowest BCUT2D eigenvalue weighted by Crippen LogP contribution is -2.28. The van der Waals surface area contributed by atoms with Crippen LogP contribution < -0.4 is 10.1 Å². The number of benzene rings is 1. The predicted molar refractivity (Wildman–Crippen MR) is 82.5 cm³/mol. The zero-order valence-electron chi connectivity index (χ0n) is 12.3. The van der Waals surface area contributed by atoms with Crippen LogP contribution in [0.5, 0.6) is 5.75 Å². The number of halogens is 1. The number of ether oxygens (including phenoxy) is 2. The number of rotatable bonds is 6. The second kappa shape index (κ2) is 7.87. The van der Waals surface area contributed by atoms with E-state index in [-0.39, 0.29) is 6.10 Å². The monoisotopic (exact) mass is 297 g/mol. The molecule has 1 unspecified atom stereocenters. The van der Waals surface area contributed by atoms with Gasteiger partial charge in [0.25, 0.3) is 0 Å². The Morgan fingerprint density at radius 1 is 1.45 bits per heavy atom. The van der Waals surface area contributed by atoms with Crippen LogP contribution >= 0.6 is 11.6 Å². The highest BCUT2D eigenvalue weighted by molar-refractivity contribution is 6.30.